The molecule has 0 aliphatic carbocycles. The van der Waals surface area contributed by atoms with E-state index in [9.17, 15) is 9.59 Å². The fourth-order valence-electron chi connectivity index (χ4n) is 1.42. The van der Waals surface area contributed by atoms with Crippen LogP contribution in [0.3, 0.4) is 0 Å². The fourth-order valence-corrected chi connectivity index (χ4v) is 1.42. The van der Waals surface area contributed by atoms with E-state index in [4.69, 9.17) is 4.74 Å². The van der Waals surface area contributed by atoms with Crippen LogP contribution in [0.15, 0.2) is 24.3 Å². The summed E-state index contributed by atoms with van der Waals surface area (Å²) in [6.45, 7) is 4.72. The molecule has 104 valence electrons. The van der Waals surface area contributed by atoms with E-state index in [-0.39, 0.29) is 0 Å². The molecular weight excluding hydrogens is 244 g/mol. The summed E-state index contributed by atoms with van der Waals surface area (Å²) in [4.78, 5) is 23.0. The maximum absolute atomic E-state index is 11.5. The second-order valence-corrected chi connectivity index (χ2v) is 4.64. The molecular formula is C14H20N2O3. The minimum Gasteiger partial charge on any atom is -0.497 e. The SMILES string of the molecule is COc1cccc(CNC(=O)C(=O)NCC(C)C)c1. The highest BCUT2D eigenvalue weighted by atomic mass is 16.5. The van der Waals surface area contributed by atoms with Crippen LogP contribution in [0.2, 0.25) is 0 Å². The lowest BCUT2D eigenvalue weighted by Gasteiger charge is -2.08. The average Bonchev–Trinajstić information content (AvgIpc) is 2.42. The summed E-state index contributed by atoms with van der Waals surface area (Å²) in [6.07, 6.45) is 0. The lowest BCUT2D eigenvalue weighted by molar-refractivity contribution is -0.139. The molecule has 0 saturated carbocycles. The van der Waals surface area contributed by atoms with Gasteiger partial charge in [-0.2, -0.15) is 0 Å². The molecule has 0 unspecified atom stereocenters. The number of carbonyl (C=O) groups is 2. The Morgan fingerprint density at radius 1 is 1.21 bits per heavy atom. The highest BCUT2D eigenvalue weighted by molar-refractivity contribution is 6.35. The number of methoxy groups -OCH3 is 1. The second kappa shape index (κ2) is 7.41. The summed E-state index contributed by atoms with van der Waals surface area (Å²) in [5.41, 5.74) is 0.879. The van der Waals surface area contributed by atoms with Crippen molar-refractivity contribution in [3.63, 3.8) is 0 Å². The summed E-state index contributed by atoms with van der Waals surface area (Å²) in [7, 11) is 1.58. The number of ether oxygens (including phenoxy) is 1. The van der Waals surface area contributed by atoms with Crippen LogP contribution < -0.4 is 15.4 Å². The van der Waals surface area contributed by atoms with E-state index < -0.39 is 11.8 Å². The van der Waals surface area contributed by atoms with Crippen LogP contribution in [0.5, 0.6) is 5.75 Å². The van der Waals surface area contributed by atoms with Crippen molar-refractivity contribution in [3.8, 4) is 5.75 Å². The number of benzene rings is 1. The number of hydrogen-bond donors (Lipinski definition) is 2. The smallest absolute Gasteiger partial charge is 0.309 e. The maximum Gasteiger partial charge on any atom is 0.309 e. The summed E-state index contributed by atoms with van der Waals surface area (Å²) in [5.74, 6) is -0.189. The van der Waals surface area contributed by atoms with Crippen LogP contribution >= 0.6 is 0 Å². The lowest BCUT2D eigenvalue weighted by Crippen LogP contribution is -2.40. The third-order valence-corrected chi connectivity index (χ3v) is 2.46. The molecule has 19 heavy (non-hydrogen) atoms. The van der Waals surface area contributed by atoms with Crippen LogP contribution in [0, 0.1) is 5.92 Å². The van der Waals surface area contributed by atoms with Crippen LogP contribution in [-0.4, -0.2) is 25.5 Å². The molecule has 2 N–H and O–H groups in total. The number of rotatable bonds is 5. The molecule has 0 atom stereocenters. The van der Waals surface area contributed by atoms with E-state index in [0.29, 0.717) is 19.0 Å². The van der Waals surface area contributed by atoms with Gasteiger partial charge in [-0.15, -0.1) is 0 Å². The van der Waals surface area contributed by atoms with E-state index in [1.54, 1.807) is 7.11 Å². The van der Waals surface area contributed by atoms with Gasteiger partial charge in [0.15, 0.2) is 0 Å². The largest absolute Gasteiger partial charge is 0.497 e. The Balaban J connectivity index is 2.42. The van der Waals surface area contributed by atoms with Gasteiger partial charge in [-0.05, 0) is 23.6 Å². The first-order valence-electron chi connectivity index (χ1n) is 6.22. The summed E-state index contributed by atoms with van der Waals surface area (Å²) < 4.78 is 5.08. The standard InChI is InChI=1S/C14H20N2O3/c1-10(2)8-15-13(17)14(18)16-9-11-5-4-6-12(7-11)19-3/h4-7,10H,8-9H2,1-3H3,(H,15,17)(H,16,18). The van der Waals surface area contributed by atoms with Crippen LogP contribution in [-0.2, 0) is 16.1 Å². The topological polar surface area (TPSA) is 67.4 Å². The molecule has 0 aliphatic heterocycles. The zero-order valence-electron chi connectivity index (χ0n) is 11.5. The first-order valence-corrected chi connectivity index (χ1v) is 6.22. The molecule has 2 amide bonds. The van der Waals surface area contributed by atoms with Crippen molar-refractivity contribution in [2.45, 2.75) is 20.4 Å². The van der Waals surface area contributed by atoms with Crippen LogP contribution in [0.4, 0.5) is 0 Å². The summed E-state index contributed by atoms with van der Waals surface area (Å²) in [6, 6.07) is 7.32. The normalized spacial score (nSPS) is 10.1. The molecule has 0 radical (unpaired) electrons. The minimum absolute atomic E-state index is 0.297. The predicted octanol–water partition coefficient (Wildman–Crippen LogP) is 1.08. The van der Waals surface area contributed by atoms with E-state index in [1.807, 2.05) is 38.1 Å². The van der Waals surface area contributed by atoms with Gasteiger partial charge in [0.2, 0.25) is 0 Å². The zero-order chi connectivity index (χ0) is 14.3. The molecule has 0 spiro atoms. The number of nitrogens with one attached hydrogen (secondary N) is 2. The van der Waals surface area contributed by atoms with Crippen molar-refractivity contribution in [2.75, 3.05) is 13.7 Å². The highest BCUT2D eigenvalue weighted by Crippen LogP contribution is 2.11. The molecule has 0 fully saturated rings. The molecule has 5 heteroatoms. The molecule has 0 saturated heterocycles. The lowest BCUT2D eigenvalue weighted by atomic mass is 10.2. The van der Waals surface area contributed by atoms with Crippen molar-refractivity contribution in [1.29, 1.82) is 0 Å². The third-order valence-electron chi connectivity index (χ3n) is 2.46. The second-order valence-electron chi connectivity index (χ2n) is 4.64. The average molecular weight is 264 g/mol. The van der Waals surface area contributed by atoms with Gasteiger partial charge in [-0.1, -0.05) is 26.0 Å². The van der Waals surface area contributed by atoms with Crippen molar-refractivity contribution in [3.05, 3.63) is 29.8 Å². The number of amides is 2. The van der Waals surface area contributed by atoms with Gasteiger partial charge in [0, 0.05) is 13.1 Å². The van der Waals surface area contributed by atoms with E-state index in [2.05, 4.69) is 10.6 Å². The monoisotopic (exact) mass is 264 g/mol. The molecule has 5 nitrogen and oxygen atoms in total. The van der Waals surface area contributed by atoms with Crippen molar-refractivity contribution >= 4 is 11.8 Å². The van der Waals surface area contributed by atoms with Crippen LogP contribution in [0.25, 0.3) is 0 Å². The van der Waals surface area contributed by atoms with Gasteiger partial charge in [-0.3, -0.25) is 9.59 Å². The summed E-state index contributed by atoms with van der Waals surface area (Å²) in [5, 5.41) is 5.13. The third kappa shape index (κ3) is 5.42. The van der Waals surface area contributed by atoms with Gasteiger partial charge in [0.25, 0.3) is 0 Å². The Hall–Kier alpha value is -2.04. The van der Waals surface area contributed by atoms with Gasteiger partial charge in [0.05, 0.1) is 7.11 Å². The Bertz CT molecular complexity index is 444. The van der Waals surface area contributed by atoms with Crippen molar-refractivity contribution < 1.29 is 14.3 Å². The fraction of sp³-hybridized carbons (Fsp3) is 0.429. The van der Waals surface area contributed by atoms with Gasteiger partial charge in [0.1, 0.15) is 5.75 Å². The minimum atomic E-state index is -0.622. The van der Waals surface area contributed by atoms with Gasteiger partial charge >= 0.3 is 11.8 Å². The van der Waals surface area contributed by atoms with E-state index >= 15 is 0 Å². The van der Waals surface area contributed by atoms with Gasteiger partial charge in [-0.25, -0.2) is 0 Å². The Labute approximate surface area is 113 Å². The molecule has 0 heterocycles. The first-order chi connectivity index (χ1) is 9.02. The Kier molecular flexibility index (Phi) is 5.85. The predicted molar refractivity (Wildman–Crippen MR) is 72.7 cm³/mol. The van der Waals surface area contributed by atoms with Crippen molar-refractivity contribution in [2.24, 2.45) is 5.92 Å². The molecule has 0 aliphatic rings. The maximum atomic E-state index is 11.5. The van der Waals surface area contributed by atoms with E-state index in [1.165, 1.54) is 0 Å². The number of carbonyl (C=O) groups excluding carboxylic acids is 2. The van der Waals surface area contributed by atoms with E-state index in [0.717, 1.165) is 11.3 Å². The quantitative estimate of drug-likeness (QED) is 0.782. The molecule has 1 aromatic rings. The summed E-state index contributed by atoms with van der Waals surface area (Å²) >= 11 is 0. The molecule has 1 rings (SSSR count). The number of hydrogen-bond acceptors (Lipinski definition) is 3. The first kappa shape index (κ1) is 15.0. The van der Waals surface area contributed by atoms with Crippen molar-refractivity contribution in [1.82, 2.24) is 10.6 Å². The highest BCUT2D eigenvalue weighted by Gasteiger charge is 2.12. The Morgan fingerprint density at radius 3 is 2.53 bits per heavy atom. The zero-order valence-corrected chi connectivity index (χ0v) is 11.5. The molecule has 0 aromatic heterocycles. The van der Waals surface area contributed by atoms with Gasteiger partial charge < -0.3 is 15.4 Å². The Morgan fingerprint density at radius 2 is 1.89 bits per heavy atom. The van der Waals surface area contributed by atoms with Crippen LogP contribution in [0.1, 0.15) is 19.4 Å². The molecule has 0 bridgehead atoms. The molecule has 1 aromatic carbocycles.